The van der Waals surface area contributed by atoms with E-state index in [0.717, 1.165) is 12.1 Å². The van der Waals surface area contributed by atoms with Gasteiger partial charge in [-0.25, -0.2) is 4.39 Å². The van der Waals surface area contributed by atoms with Gasteiger partial charge in [-0.15, -0.1) is 0 Å². The minimum absolute atomic E-state index is 0.0484. The molecule has 1 atom stereocenters. The van der Waals surface area contributed by atoms with Gasteiger partial charge in [0.2, 0.25) is 11.8 Å². The van der Waals surface area contributed by atoms with Crippen molar-refractivity contribution < 1.29 is 31.9 Å². The standard InChI is InChI=1S/C25H23ClF4N4O3/c26-19-9-15(25(28,29)30)2-1-14(19)12-32-5-7-33(8-6-32)21-11-16(27)10-17-18(21)13-34(24(17)37)20-3-4-22(35)31-23(20)36/h1-2,9-11,20H,3-8,12-13H2,(H,31,35,36). The van der Waals surface area contributed by atoms with Crippen molar-refractivity contribution >= 4 is 35.0 Å². The first-order chi connectivity index (χ1) is 17.5. The zero-order valence-electron chi connectivity index (χ0n) is 19.6. The number of hydrogen-bond donors (Lipinski definition) is 1. The maximum absolute atomic E-state index is 14.5. The first kappa shape index (κ1) is 25.5. The molecule has 0 radical (unpaired) electrons. The van der Waals surface area contributed by atoms with E-state index in [2.05, 4.69) is 5.32 Å². The molecular formula is C25H23ClF4N4O3. The third-order valence-corrected chi connectivity index (χ3v) is 7.44. The SMILES string of the molecule is O=C1CCC(N2Cc3c(cc(F)cc3N3CCN(Cc4ccc(C(F)(F)F)cc4Cl)CC3)C2=O)C(=O)N1. The zero-order chi connectivity index (χ0) is 26.5. The highest BCUT2D eigenvalue weighted by Gasteiger charge is 2.41. The maximum atomic E-state index is 14.5. The van der Waals surface area contributed by atoms with Gasteiger partial charge in [0.25, 0.3) is 5.91 Å². The van der Waals surface area contributed by atoms with E-state index in [1.807, 2.05) is 9.80 Å². The second-order valence-corrected chi connectivity index (χ2v) is 9.83. The number of nitrogens with one attached hydrogen (secondary N) is 1. The number of nitrogens with zero attached hydrogens (tertiary/aromatic N) is 3. The molecule has 37 heavy (non-hydrogen) atoms. The van der Waals surface area contributed by atoms with Gasteiger partial charge in [0, 0.05) is 67.5 Å². The average Bonchev–Trinajstić information content (AvgIpc) is 3.16. The van der Waals surface area contributed by atoms with E-state index < -0.39 is 35.4 Å². The number of hydrogen-bond acceptors (Lipinski definition) is 5. The lowest BCUT2D eigenvalue weighted by molar-refractivity contribution is -0.138. The van der Waals surface area contributed by atoms with Crippen molar-refractivity contribution in [3.63, 3.8) is 0 Å². The van der Waals surface area contributed by atoms with Gasteiger partial charge >= 0.3 is 6.18 Å². The van der Waals surface area contributed by atoms with E-state index in [0.29, 0.717) is 49.5 Å². The van der Waals surface area contributed by atoms with E-state index >= 15 is 0 Å². The number of anilines is 1. The van der Waals surface area contributed by atoms with Crippen molar-refractivity contribution in [3.05, 3.63) is 63.4 Å². The van der Waals surface area contributed by atoms with Gasteiger partial charge in [-0.05, 0) is 36.2 Å². The normalized spacial score (nSPS) is 20.9. The predicted octanol–water partition coefficient (Wildman–Crippen LogP) is 3.58. The van der Waals surface area contributed by atoms with Gasteiger partial charge in [0.05, 0.1) is 5.56 Å². The number of imide groups is 1. The van der Waals surface area contributed by atoms with Crippen LogP contribution in [0.1, 0.15) is 39.9 Å². The molecule has 0 bridgehead atoms. The lowest BCUT2D eigenvalue weighted by Crippen LogP contribution is -2.52. The van der Waals surface area contributed by atoms with E-state index in [1.54, 1.807) is 0 Å². The summed E-state index contributed by atoms with van der Waals surface area (Å²) in [6.45, 7) is 2.60. The van der Waals surface area contributed by atoms with Crippen LogP contribution in [0, 0.1) is 5.82 Å². The van der Waals surface area contributed by atoms with Gasteiger partial charge in [-0.2, -0.15) is 13.2 Å². The molecule has 0 aliphatic carbocycles. The average molecular weight is 539 g/mol. The number of alkyl halides is 3. The fourth-order valence-corrected chi connectivity index (χ4v) is 5.37. The van der Waals surface area contributed by atoms with Gasteiger partial charge in [-0.3, -0.25) is 24.6 Å². The smallest absolute Gasteiger partial charge is 0.369 e. The Morgan fingerprint density at radius 3 is 2.41 bits per heavy atom. The molecule has 1 unspecified atom stereocenters. The summed E-state index contributed by atoms with van der Waals surface area (Å²) in [5.41, 5.74) is 1.20. The summed E-state index contributed by atoms with van der Waals surface area (Å²) >= 11 is 6.11. The Bertz CT molecular complexity index is 1280. The molecular weight excluding hydrogens is 516 g/mol. The second-order valence-electron chi connectivity index (χ2n) is 9.42. The highest BCUT2D eigenvalue weighted by Crippen LogP contribution is 2.36. The van der Waals surface area contributed by atoms with Crippen LogP contribution in [0.3, 0.4) is 0 Å². The molecule has 1 N–H and O–H groups in total. The van der Waals surface area contributed by atoms with Crippen molar-refractivity contribution in [1.29, 1.82) is 0 Å². The summed E-state index contributed by atoms with van der Waals surface area (Å²) < 4.78 is 53.3. The minimum atomic E-state index is -4.46. The molecule has 3 aliphatic rings. The summed E-state index contributed by atoms with van der Waals surface area (Å²) in [7, 11) is 0. The third-order valence-electron chi connectivity index (χ3n) is 7.08. The Morgan fingerprint density at radius 1 is 1.03 bits per heavy atom. The highest BCUT2D eigenvalue weighted by atomic mass is 35.5. The summed E-state index contributed by atoms with van der Waals surface area (Å²) in [6.07, 6.45) is -4.12. The first-order valence-electron chi connectivity index (χ1n) is 11.8. The van der Waals surface area contributed by atoms with Crippen molar-refractivity contribution in [2.24, 2.45) is 0 Å². The number of halogens is 5. The minimum Gasteiger partial charge on any atom is -0.369 e. The molecule has 2 aromatic rings. The molecule has 0 saturated carbocycles. The van der Waals surface area contributed by atoms with Crippen LogP contribution in [0.5, 0.6) is 0 Å². The molecule has 2 aromatic carbocycles. The first-order valence-corrected chi connectivity index (χ1v) is 12.2. The molecule has 2 fully saturated rings. The topological polar surface area (TPSA) is 73.0 Å². The molecule has 0 aromatic heterocycles. The van der Waals surface area contributed by atoms with Crippen molar-refractivity contribution in [2.45, 2.75) is 38.1 Å². The molecule has 3 aliphatic heterocycles. The van der Waals surface area contributed by atoms with Crippen LogP contribution < -0.4 is 10.2 Å². The van der Waals surface area contributed by atoms with E-state index in [1.165, 1.54) is 23.1 Å². The van der Waals surface area contributed by atoms with Crippen LogP contribution in [0.2, 0.25) is 5.02 Å². The number of piperazine rings is 1. The number of rotatable bonds is 4. The van der Waals surface area contributed by atoms with Crippen LogP contribution in [0.4, 0.5) is 23.2 Å². The van der Waals surface area contributed by atoms with Crippen LogP contribution in [0.15, 0.2) is 30.3 Å². The van der Waals surface area contributed by atoms with Crippen LogP contribution in [0.25, 0.3) is 0 Å². The Labute approximate surface area is 214 Å². The van der Waals surface area contributed by atoms with Crippen LogP contribution >= 0.6 is 11.6 Å². The Balaban J connectivity index is 1.28. The fourth-order valence-electron chi connectivity index (χ4n) is 5.13. The second kappa shape index (κ2) is 9.60. The largest absolute Gasteiger partial charge is 0.416 e. The van der Waals surface area contributed by atoms with E-state index in [9.17, 15) is 31.9 Å². The van der Waals surface area contributed by atoms with Gasteiger partial charge in [-0.1, -0.05) is 17.7 Å². The molecule has 5 rings (SSSR count). The Morgan fingerprint density at radius 2 is 1.76 bits per heavy atom. The molecule has 0 spiro atoms. The molecule has 3 amide bonds. The van der Waals surface area contributed by atoms with Crippen molar-refractivity contribution in [1.82, 2.24) is 15.1 Å². The summed E-state index contributed by atoms with van der Waals surface area (Å²) in [5.74, 6) is -1.92. The van der Waals surface area contributed by atoms with Crippen molar-refractivity contribution in [2.75, 3.05) is 31.1 Å². The van der Waals surface area contributed by atoms with Crippen LogP contribution in [-0.2, 0) is 28.9 Å². The maximum Gasteiger partial charge on any atom is 0.416 e. The number of fused-ring (bicyclic) bond motifs is 1. The van der Waals surface area contributed by atoms with E-state index in [4.69, 9.17) is 11.6 Å². The van der Waals surface area contributed by atoms with Gasteiger partial charge < -0.3 is 9.80 Å². The molecule has 7 nitrogen and oxygen atoms in total. The lowest BCUT2D eigenvalue weighted by atomic mass is 10.0. The molecule has 3 heterocycles. The van der Waals surface area contributed by atoms with E-state index in [-0.39, 0.29) is 35.9 Å². The predicted molar refractivity (Wildman–Crippen MR) is 126 cm³/mol. The summed E-state index contributed by atoms with van der Waals surface area (Å²) in [6, 6.07) is 5.08. The summed E-state index contributed by atoms with van der Waals surface area (Å²) in [4.78, 5) is 42.3. The third kappa shape index (κ3) is 5.02. The molecule has 12 heteroatoms. The monoisotopic (exact) mass is 538 g/mol. The molecule has 2 saturated heterocycles. The van der Waals surface area contributed by atoms with Gasteiger partial charge in [0.15, 0.2) is 0 Å². The fraction of sp³-hybridized carbons (Fsp3) is 0.400. The highest BCUT2D eigenvalue weighted by molar-refractivity contribution is 6.31. The Kier molecular flexibility index (Phi) is 6.61. The number of piperidine rings is 1. The quantitative estimate of drug-likeness (QED) is 0.476. The number of carbonyl (C=O) groups is 3. The molecule has 196 valence electrons. The van der Waals surface area contributed by atoms with Gasteiger partial charge in [0.1, 0.15) is 11.9 Å². The number of benzene rings is 2. The van der Waals surface area contributed by atoms with Crippen LogP contribution in [-0.4, -0.2) is 59.7 Å². The Hall–Kier alpha value is -3.18. The summed E-state index contributed by atoms with van der Waals surface area (Å²) in [5, 5.41) is 2.30. The zero-order valence-corrected chi connectivity index (χ0v) is 20.3. The lowest BCUT2D eigenvalue weighted by Gasteiger charge is -2.37. The number of carbonyl (C=O) groups excluding carboxylic acids is 3. The van der Waals surface area contributed by atoms with Crippen molar-refractivity contribution in [3.8, 4) is 0 Å². The number of amides is 3.